The second-order valence-electron chi connectivity index (χ2n) is 5.98. The quantitative estimate of drug-likeness (QED) is 0.860. The van der Waals surface area contributed by atoms with Gasteiger partial charge in [-0.3, -0.25) is 9.59 Å². The number of aliphatic carboxylic acids is 1. The fourth-order valence-electron chi connectivity index (χ4n) is 3.04. The summed E-state index contributed by atoms with van der Waals surface area (Å²) < 4.78 is 5.32. The van der Waals surface area contributed by atoms with Gasteiger partial charge in [-0.2, -0.15) is 0 Å². The molecule has 1 amide bonds. The van der Waals surface area contributed by atoms with Crippen LogP contribution in [0.5, 0.6) is 0 Å². The number of aromatic nitrogens is 1. The van der Waals surface area contributed by atoms with E-state index in [-0.39, 0.29) is 24.3 Å². The largest absolute Gasteiger partial charge is 0.479 e. The highest BCUT2D eigenvalue weighted by Gasteiger charge is 2.34. The molecule has 1 fully saturated rings. The number of nitrogens with one attached hydrogen (secondary N) is 1. The lowest BCUT2D eigenvalue weighted by atomic mass is 10.0. The van der Waals surface area contributed by atoms with E-state index in [9.17, 15) is 14.4 Å². The summed E-state index contributed by atoms with van der Waals surface area (Å²) in [6, 6.07) is 7.06. The van der Waals surface area contributed by atoms with Crippen LogP contribution in [0.3, 0.4) is 0 Å². The molecular formula is C17H18N2O5. The Morgan fingerprint density at radius 2 is 1.92 bits per heavy atom. The molecular weight excluding hydrogens is 312 g/mol. The number of carbonyl (C=O) groups excluding carboxylic acids is 1. The number of pyridine rings is 1. The summed E-state index contributed by atoms with van der Waals surface area (Å²) in [5.74, 6) is -1.50. The van der Waals surface area contributed by atoms with E-state index in [0.29, 0.717) is 16.3 Å². The van der Waals surface area contributed by atoms with Crippen molar-refractivity contribution in [2.45, 2.75) is 26.1 Å². The summed E-state index contributed by atoms with van der Waals surface area (Å²) in [5, 5.41) is 10.4. The number of H-pyrrole nitrogens is 1. The Bertz CT molecular complexity index is 873. The van der Waals surface area contributed by atoms with Gasteiger partial charge in [-0.05, 0) is 30.9 Å². The van der Waals surface area contributed by atoms with E-state index in [0.717, 1.165) is 0 Å². The summed E-state index contributed by atoms with van der Waals surface area (Å²) in [6.07, 6.45) is -1.46. The Morgan fingerprint density at radius 3 is 2.58 bits per heavy atom. The van der Waals surface area contributed by atoms with Crippen LogP contribution in [0.2, 0.25) is 0 Å². The lowest BCUT2D eigenvalue weighted by Gasteiger charge is -2.35. The number of carbonyl (C=O) groups is 2. The van der Waals surface area contributed by atoms with Gasteiger partial charge >= 0.3 is 5.97 Å². The number of fused-ring (bicyclic) bond motifs is 1. The zero-order chi connectivity index (χ0) is 17.4. The van der Waals surface area contributed by atoms with Crippen molar-refractivity contribution < 1.29 is 19.4 Å². The van der Waals surface area contributed by atoms with Crippen molar-refractivity contribution in [3.05, 3.63) is 45.9 Å². The van der Waals surface area contributed by atoms with Crippen molar-refractivity contribution in [3.63, 3.8) is 0 Å². The fourth-order valence-corrected chi connectivity index (χ4v) is 3.04. The molecule has 24 heavy (non-hydrogen) atoms. The van der Waals surface area contributed by atoms with Crippen molar-refractivity contribution in [2.75, 3.05) is 13.1 Å². The maximum atomic E-state index is 12.8. The van der Waals surface area contributed by atoms with E-state index in [1.807, 2.05) is 0 Å². The zero-order valence-corrected chi connectivity index (χ0v) is 13.4. The Hall–Kier alpha value is -2.67. The van der Waals surface area contributed by atoms with Gasteiger partial charge in [0.2, 0.25) is 0 Å². The predicted octanol–water partition coefficient (Wildman–Crippen LogP) is 1.15. The third-order valence-corrected chi connectivity index (χ3v) is 4.23. The lowest BCUT2D eigenvalue weighted by Crippen LogP contribution is -2.52. The number of rotatable bonds is 2. The molecule has 1 saturated heterocycles. The number of carboxylic acid groups (broad SMARTS) is 1. The Kier molecular flexibility index (Phi) is 4.11. The van der Waals surface area contributed by atoms with Gasteiger partial charge in [-0.25, -0.2) is 4.79 Å². The molecule has 2 N–H and O–H groups in total. The third kappa shape index (κ3) is 2.78. The lowest BCUT2D eigenvalue weighted by molar-refractivity contribution is -0.160. The van der Waals surface area contributed by atoms with Gasteiger partial charge in [-0.1, -0.05) is 18.2 Å². The molecule has 2 aromatic rings. The monoisotopic (exact) mass is 330 g/mol. The van der Waals surface area contributed by atoms with Gasteiger partial charge in [0.05, 0.1) is 12.6 Å². The second-order valence-corrected chi connectivity index (χ2v) is 5.98. The van der Waals surface area contributed by atoms with Gasteiger partial charge in [0.25, 0.3) is 11.5 Å². The maximum Gasteiger partial charge on any atom is 0.334 e. The van der Waals surface area contributed by atoms with Crippen molar-refractivity contribution in [1.29, 1.82) is 0 Å². The number of benzene rings is 1. The molecule has 1 aliphatic rings. The first-order valence-electron chi connectivity index (χ1n) is 7.67. The standard InChI is InChI=1S/C17H18N2O5/c1-9-7-19(8-13(24-9)17(22)23)16(21)14-10(2)11-5-3-4-6-12(11)15(20)18-14/h3-6,9,13H,7-8H2,1-2H3,(H,18,20)(H,22,23)/t9-,13-/m1/s1. The zero-order valence-electron chi connectivity index (χ0n) is 13.4. The number of hydrogen-bond acceptors (Lipinski definition) is 4. The number of carboxylic acids is 1. The minimum absolute atomic E-state index is 0.0488. The molecule has 2 heterocycles. The van der Waals surface area contributed by atoms with Crippen LogP contribution >= 0.6 is 0 Å². The van der Waals surface area contributed by atoms with Gasteiger partial charge in [0.1, 0.15) is 5.69 Å². The molecule has 7 nitrogen and oxygen atoms in total. The molecule has 3 rings (SSSR count). The number of morpholine rings is 1. The first-order chi connectivity index (χ1) is 11.4. The van der Waals surface area contributed by atoms with E-state index in [1.165, 1.54) is 4.90 Å². The average molecular weight is 330 g/mol. The summed E-state index contributed by atoms with van der Waals surface area (Å²) in [7, 11) is 0. The van der Waals surface area contributed by atoms with E-state index in [4.69, 9.17) is 9.84 Å². The van der Waals surface area contributed by atoms with Gasteiger partial charge in [0, 0.05) is 11.9 Å². The minimum atomic E-state index is -1.11. The third-order valence-electron chi connectivity index (χ3n) is 4.23. The number of aromatic amines is 1. The highest BCUT2D eigenvalue weighted by molar-refractivity contribution is 5.99. The fraction of sp³-hybridized carbons (Fsp3) is 0.353. The Balaban J connectivity index is 2.01. The van der Waals surface area contributed by atoms with Gasteiger partial charge < -0.3 is 19.7 Å². The predicted molar refractivity (Wildman–Crippen MR) is 87.2 cm³/mol. The SMILES string of the molecule is Cc1c(C(=O)N2C[C@@H](C)O[C@@H](C(=O)O)C2)[nH]c(=O)c2ccccc12. The van der Waals surface area contributed by atoms with Crippen LogP contribution in [0, 0.1) is 6.92 Å². The van der Waals surface area contributed by atoms with Gasteiger partial charge in [-0.15, -0.1) is 0 Å². The molecule has 0 saturated carbocycles. The number of hydrogen-bond donors (Lipinski definition) is 2. The summed E-state index contributed by atoms with van der Waals surface area (Å²) in [4.78, 5) is 40.3. The first-order valence-corrected chi connectivity index (χ1v) is 7.67. The van der Waals surface area contributed by atoms with Crippen LogP contribution < -0.4 is 5.56 Å². The minimum Gasteiger partial charge on any atom is -0.479 e. The number of aryl methyl sites for hydroxylation is 1. The molecule has 1 aromatic carbocycles. The average Bonchev–Trinajstić information content (AvgIpc) is 2.57. The number of amides is 1. The molecule has 126 valence electrons. The second kappa shape index (κ2) is 6.09. The molecule has 0 spiro atoms. The molecule has 0 aliphatic carbocycles. The number of ether oxygens (including phenoxy) is 1. The molecule has 1 aromatic heterocycles. The van der Waals surface area contributed by atoms with Crippen LogP contribution in [0.15, 0.2) is 29.1 Å². The molecule has 0 radical (unpaired) electrons. The number of nitrogens with zero attached hydrogens (tertiary/aromatic N) is 1. The van der Waals surface area contributed by atoms with Crippen LogP contribution in [0.4, 0.5) is 0 Å². The highest BCUT2D eigenvalue weighted by Crippen LogP contribution is 2.20. The molecule has 1 aliphatic heterocycles. The van der Waals surface area contributed by atoms with Crippen LogP contribution in [0.1, 0.15) is 23.0 Å². The van der Waals surface area contributed by atoms with Crippen molar-refractivity contribution in [2.24, 2.45) is 0 Å². The summed E-state index contributed by atoms with van der Waals surface area (Å²) in [5.41, 5.74) is 0.522. The highest BCUT2D eigenvalue weighted by atomic mass is 16.5. The first kappa shape index (κ1) is 16.2. The topological polar surface area (TPSA) is 99.7 Å². The molecule has 7 heteroatoms. The van der Waals surface area contributed by atoms with Crippen molar-refractivity contribution in [1.82, 2.24) is 9.88 Å². The normalized spacial score (nSPS) is 21.0. The van der Waals surface area contributed by atoms with Crippen molar-refractivity contribution in [3.8, 4) is 0 Å². The van der Waals surface area contributed by atoms with Crippen LogP contribution in [0.25, 0.3) is 10.8 Å². The van der Waals surface area contributed by atoms with Gasteiger partial charge in [0.15, 0.2) is 6.10 Å². The van der Waals surface area contributed by atoms with Crippen LogP contribution in [-0.2, 0) is 9.53 Å². The van der Waals surface area contributed by atoms with Crippen LogP contribution in [-0.4, -0.2) is 52.2 Å². The van der Waals surface area contributed by atoms with E-state index < -0.39 is 24.1 Å². The molecule has 0 unspecified atom stereocenters. The van der Waals surface area contributed by atoms with Crippen molar-refractivity contribution >= 4 is 22.6 Å². The van der Waals surface area contributed by atoms with E-state index in [1.54, 1.807) is 38.1 Å². The molecule has 2 atom stereocenters. The summed E-state index contributed by atoms with van der Waals surface area (Å²) >= 11 is 0. The maximum absolute atomic E-state index is 12.8. The smallest absolute Gasteiger partial charge is 0.334 e. The Morgan fingerprint density at radius 1 is 1.25 bits per heavy atom. The molecule has 0 bridgehead atoms. The Labute approximate surface area is 137 Å². The van der Waals surface area contributed by atoms with E-state index >= 15 is 0 Å². The summed E-state index contributed by atoms with van der Waals surface area (Å²) in [6.45, 7) is 3.71. The van der Waals surface area contributed by atoms with E-state index in [2.05, 4.69) is 4.98 Å².